The highest BCUT2D eigenvalue weighted by molar-refractivity contribution is 5.71. The monoisotopic (exact) mass is 221 g/mol. The molecule has 1 aromatic rings. The summed E-state index contributed by atoms with van der Waals surface area (Å²) in [5.74, 6) is -0.202. The Morgan fingerprint density at radius 2 is 2.00 bits per heavy atom. The van der Waals surface area contributed by atoms with E-state index in [0.717, 1.165) is 6.54 Å². The van der Waals surface area contributed by atoms with Crippen molar-refractivity contribution in [1.29, 1.82) is 0 Å². The minimum absolute atomic E-state index is 0.202. The highest BCUT2D eigenvalue weighted by Crippen LogP contribution is 2.11. The summed E-state index contributed by atoms with van der Waals surface area (Å²) in [7, 11) is 3.32. The highest BCUT2D eigenvalue weighted by Gasteiger charge is 2.07. The Morgan fingerprint density at radius 1 is 1.31 bits per heavy atom. The number of hydrogen-bond donors (Lipinski definition) is 0. The summed E-state index contributed by atoms with van der Waals surface area (Å²) < 4.78 is 4.62. The van der Waals surface area contributed by atoms with E-state index in [4.69, 9.17) is 0 Å². The Labute approximate surface area is 97.0 Å². The van der Waals surface area contributed by atoms with Crippen molar-refractivity contribution < 1.29 is 9.53 Å². The van der Waals surface area contributed by atoms with E-state index in [2.05, 4.69) is 36.8 Å². The summed E-state index contributed by atoms with van der Waals surface area (Å²) in [5.41, 5.74) is 3.79. The molecule has 0 fully saturated rings. The molecule has 3 heteroatoms. The topological polar surface area (TPSA) is 29.5 Å². The molecule has 1 rings (SSSR count). The second-order valence-electron chi connectivity index (χ2n) is 4.17. The molecule has 0 aliphatic heterocycles. The van der Waals surface area contributed by atoms with Crippen molar-refractivity contribution in [3.8, 4) is 0 Å². The minimum atomic E-state index is -0.202. The molecular weight excluding hydrogens is 202 g/mol. The van der Waals surface area contributed by atoms with Crippen molar-refractivity contribution in [2.24, 2.45) is 0 Å². The lowest BCUT2D eigenvalue weighted by molar-refractivity contribution is -0.141. The summed E-state index contributed by atoms with van der Waals surface area (Å²) >= 11 is 0. The molecule has 88 valence electrons. The average molecular weight is 221 g/mol. The first kappa shape index (κ1) is 12.7. The molecule has 3 nitrogen and oxygen atoms in total. The van der Waals surface area contributed by atoms with Crippen LogP contribution in [0.5, 0.6) is 0 Å². The summed E-state index contributed by atoms with van der Waals surface area (Å²) in [4.78, 5) is 13.0. The molecule has 0 aromatic heterocycles. The summed E-state index contributed by atoms with van der Waals surface area (Å²) in [6.45, 7) is 5.27. The van der Waals surface area contributed by atoms with Gasteiger partial charge in [-0.3, -0.25) is 9.69 Å². The molecule has 0 radical (unpaired) electrons. The van der Waals surface area contributed by atoms with Crippen molar-refractivity contribution in [3.63, 3.8) is 0 Å². The lowest BCUT2D eigenvalue weighted by Crippen LogP contribution is -2.26. The molecular formula is C13H19NO2. The maximum Gasteiger partial charge on any atom is 0.319 e. The van der Waals surface area contributed by atoms with Gasteiger partial charge in [0.2, 0.25) is 0 Å². The first-order valence-electron chi connectivity index (χ1n) is 5.34. The van der Waals surface area contributed by atoms with E-state index >= 15 is 0 Å². The lowest BCUT2D eigenvalue weighted by atomic mass is 10.1. The fourth-order valence-corrected chi connectivity index (χ4v) is 1.55. The van der Waals surface area contributed by atoms with Gasteiger partial charge in [-0.25, -0.2) is 0 Å². The Kier molecular flexibility index (Phi) is 4.50. The maximum absolute atomic E-state index is 11.1. The van der Waals surface area contributed by atoms with Gasteiger partial charge in [-0.05, 0) is 37.6 Å². The number of ether oxygens (including phenoxy) is 1. The normalized spacial score (nSPS) is 10.6. The number of carbonyl (C=O) groups excluding carboxylic acids is 1. The first-order chi connectivity index (χ1) is 7.52. The number of esters is 1. The molecule has 0 heterocycles. The molecule has 0 amide bonds. The van der Waals surface area contributed by atoms with Crippen LogP contribution in [-0.4, -0.2) is 31.6 Å². The van der Waals surface area contributed by atoms with Crippen molar-refractivity contribution in [2.45, 2.75) is 20.4 Å². The molecule has 0 aliphatic carbocycles. The molecule has 0 saturated carbocycles. The molecule has 1 aromatic carbocycles. The number of aryl methyl sites for hydroxylation is 2. The highest BCUT2D eigenvalue weighted by atomic mass is 16.5. The maximum atomic E-state index is 11.1. The quantitative estimate of drug-likeness (QED) is 0.727. The van der Waals surface area contributed by atoms with E-state index in [1.807, 2.05) is 11.9 Å². The van der Waals surface area contributed by atoms with Crippen LogP contribution in [0.15, 0.2) is 18.2 Å². The van der Waals surface area contributed by atoms with Crippen LogP contribution in [0.25, 0.3) is 0 Å². The standard InChI is InChI=1S/C13H19NO2/c1-10-5-6-12(7-11(10)2)8-14(3)9-13(15)16-4/h5-7H,8-9H2,1-4H3. The number of likely N-dealkylation sites (N-methyl/N-ethyl adjacent to an activating group) is 1. The summed E-state index contributed by atoms with van der Waals surface area (Å²) in [6, 6.07) is 6.36. The van der Waals surface area contributed by atoms with Crippen LogP contribution < -0.4 is 0 Å². The smallest absolute Gasteiger partial charge is 0.319 e. The van der Waals surface area contributed by atoms with Gasteiger partial charge in [-0.1, -0.05) is 18.2 Å². The predicted molar refractivity (Wildman–Crippen MR) is 64.3 cm³/mol. The third-order valence-electron chi connectivity index (χ3n) is 2.65. The first-order valence-corrected chi connectivity index (χ1v) is 5.34. The van der Waals surface area contributed by atoms with Gasteiger partial charge in [0.05, 0.1) is 13.7 Å². The van der Waals surface area contributed by atoms with E-state index < -0.39 is 0 Å². The van der Waals surface area contributed by atoms with Gasteiger partial charge < -0.3 is 4.74 Å². The number of nitrogens with zero attached hydrogens (tertiary/aromatic N) is 1. The molecule has 0 bridgehead atoms. The summed E-state index contributed by atoms with van der Waals surface area (Å²) in [5, 5.41) is 0. The van der Waals surface area contributed by atoms with E-state index in [1.54, 1.807) is 0 Å². The van der Waals surface area contributed by atoms with Crippen molar-refractivity contribution in [1.82, 2.24) is 4.90 Å². The second kappa shape index (κ2) is 5.66. The molecule has 0 atom stereocenters. The van der Waals surface area contributed by atoms with Crippen LogP contribution in [0, 0.1) is 13.8 Å². The number of methoxy groups -OCH3 is 1. The third kappa shape index (κ3) is 3.66. The van der Waals surface area contributed by atoms with Gasteiger partial charge in [0.1, 0.15) is 0 Å². The third-order valence-corrected chi connectivity index (χ3v) is 2.65. The molecule has 0 aliphatic rings. The zero-order valence-electron chi connectivity index (χ0n) is 10.4. The Morgan fingerprint density at radius 3 is 2.56 bits per heavy atom. The minimum Gasteiger partial charge on any atom is -0.468 e. The molecule has 16 heavy (non-hydrogen) atoms. The Hall–Kier alpha value is -1.35. The average Bonchev–Trinajstić information content (AvgIpc) is 2.23. The SMILES string of the molecule is COC(=O)CN(C)Cc1ccc(C)c(C)c1. The largest absolute Gasteiger partial charge is 0.468 e. The second-order valence-corrected chi connectivity index (χ2v) is 4.17. The number of benzene rings is 1. The number of hydrogen-bond acceptors (Lipinski definition) is 3. The zero-order chi connectivity index (χ0) is 12.1. The molecule has 0 N–H and O–H groups in total. The van der Waals surface area contributed by atoms with E-state index in [0.29, 0.717) is 6.54 Å². The van der Waals surface area contributed by atoms with Crippen molar-refractivity contribution in [3.05, 3.63) is 34.9 Å². The van der Waals surface area contributed by atoms with Crippen LogP contribution in [-0.2, 0) is 16.1 Å². The van der Waals surface area contributed by atoms with Gasteiger partial charge in [0.25, 0.3) is 0 Å². The number of carbonyl (C=O) groups is 1. The van der Waals surface area contributed by atoms with E-state index in [-0.39, 0.29) is 5.97 Å². The van der Waals surface area contributed by atoms with Crippen LogP contribution in [0.3, 0.4) is 0 Å². The van der Waals surface area contributed by atoms with E-state index in [9.17, 15) is 4.79 Å². The lowest BCUT2D eigenvalue weighted by Gasteiger charge is -2.15. The van der Waals surface area contributed by atoms with Gasteiger partial charge >= 0.3 is 5.97 Å². The van der Waals surface area contributed by atoms with Gasteiger partial charge in [-0.15, -0.1) is 0 Å². The summed E-state index contributed by atoms with van der Waals surface area (Å²) in [6.07, 6.45) is 0. The fraction of sp³-hybridized carbons (Fsp3) is 0.462. The molecule has 0 saturated heterocycles. The van der Waals surface area contributed by atoms with Crippen LogP contribution >= 0.6 is 0 Å². The fourth-order valence-electron chi connectivity index (χ4n) is 1.55. The van der Waals surface area contributed by atoms with Crippen molar-refractivity contribution >= 4 is 5.97 Å². The van der Waals surface area contributed by atoms with Gasteiger partial charge in [0.15, 0.2) is 0 Å². The molecule has 0 spiro atoms. The zero-order valence-corrected chi connectivity index (χ0v) is 10.4. The van der Waals surface area contributed by atoms with Crippen LogP contribution in [0.4, 0.5) is 0 Å². The van der Waals surface area contributed by atoms with Crippen LogP contribution in [0.1, 0.15) is 16.7 Å². The predicted octanol–water partition coefficient (Wildman–Crippen LogP) is 1.91. The van der Waals surface area contributed by atoms with Crippen LogP contribution in [0.2, 0.25) is 0 Å². The Bertz CT molecular complexity index is 374. The van der Waals surface area contributed by atoms with Gasteiger partial charge in [0, 0.05) is 6.54 Å². The molecule has 0 unspecified atom stereocenters. The van der Waals surface area contributed by atoms with Crippen molar-refractivity contribution in [2.75, 3.05) is 20.7 Å². The Balaban J connectivity index is 2.59. The van der Waals surface area contributed by atoms with E-state index in [1.165, 1.54) is 23.8 Å². The van der Waals surface area contributed by atoms with Gasteiger partial charge in [-0.2, -0.15) is 0 Å². The number of rotatable bonds is 4.